The standard InChI is InChI=1S/C28H34N2O6S/c1-27-13-4-7-18-36-26(34)22(27)21-24(32)30(15-5-3-6-17-31)23-25(33)29(16-8-14-28(21,23)37-27)19-9-11-20(35-2)12-10-19/h4,8-14,21-23,31H,3,5-7,15-18H2,1-2H3/t21-,22-,23?,27+,28-/m0/s1. The van der Waals surface area contributed by atoms with Gasteiger partial charge in [0.1, 0.15) is 11.8 Å². The summed E-state index contributed by atoms with van der Waals surface area (Å²) in [4.78, 5) is 45.3. The van der Waals surface area contributed by atoms with E-state index in [0.29, 0.717) is 38.1 Å². The third-order valence-corrected chi connectivity index (χ3v) is 9.76. The number of hydrogen-bond donors (Lipinski definition) is 1. The van der Waals surface area contributed by atoms with Crippen molar-refractivity contribution in [3.63, 3.8) is 0 Å². The number of nitrogens with zero attached hydrogens (tertiary/aromatic N) is 2. The number of aliphatic hydroxyl groups excluding tert-OH is 1. The van der Waals surface area contributed by atoms with Crippen molar-refractivity contribution in [2.45, 2.75) is 48.1 Å². The molecule has 1 spiro atoms. The maximum atomic E-state index is 14.4. The maximum absolute atomic E-state index is 14.4. The summed E-state index contributed by atoms with van der Waals surface area (Å²) >= 11 is 1.55. The van der Waals surface area contributed by atoms with Crippen LogP contribution in [0.3, 0.4) is 0 Å². The first kappa shape index (κ1) is 25.9. The molecule has 2 amide bonds. The predicted molar refractivity (Wildman–Crippen MR) is 141 cm³/mol. The Hall–Kier alpha value is -2.78. The van der Waals surface area contributed by atoms with Gasteiger partial charge < -0.3 is 24.4 Å². The van der Waals surface area contributed by atoms with E-state index in [2.05, 4.69) is 0 Å². The van der Waals surface area contributed by atoms with Gasteiger partial charge in [0.25, 0.3) is 5.91 Å². The molecule has 0 bridgehead atoms. The smallest absolute Gasteiger partial charge is 0.311 e. The van der Waals surface area contributed by atoms with Gasteiger partial charge in [-0.3, -0.25) is 14.4 Å². The van der Waals surface area contributed by atoms with Gasteiger partial charge in [0.15, 0.2) is 0 Å². The Morgan fingerprint density at radius 2 is 1.84 bits per heavy atom. The number of thioether (sulfide) groups is 1. The molecular formula is C28H34N2O6S. The molecule has 0 radical (unpaired) electrons. The van der Waals surface area contributed by atoms with Crippen LogP contribution in [0.4, 0.5) is 5.69 Å². The van der Waals surface area contributed by atoms with Crippen LogP contribution < -0.4 is 9.64 Å². The molecule has 5 atom stereocenters. The van der Waals surface area contributed by atoms with E-state index < -0.39 is 27.4 Å². The fraction of sp³-hybridized carbons (Fsp3) is 0.536. The highest BCUT2D eigenvalue weighted by atomic mass is 32.2. The minimum Gasteiger partial charge on any atom is -0.497 e. The van der Waals surface area contributed by atoms with Crippen LogP contribution in [0.25, 0.3) is 0 Å². The Labute approximate surface area is 221 Å². The average Bonchev–Trinajstić information content (AvgIpc) is 3.20. The maximum Gasteiger partial charge on any atom is 0.311 e. The molecule has 9 heteroatoms. The van der Waals surface area contributed by atoms with Crippen molar-refractivity contribution in [1.29, 1.82) is 0 Å². The van der Waals surface area contributed by atoms with Crippen LogP contribution in [-0.4, -0.2) is 76.7 Å². The molecule has 37 heavy (non-hydrogen) atoms. The lowest BCUT2D eigenvalue weighted by atomic mass is 9.74. The number of carbonyl (C=O) groups excluding carboxylic acids is 3. The highest BCUT2D eigenvalue weighted by molar-refractivity contribution is 8.02. The summed E-state index contributed by atoms with van der Waals surface area (Å²) in [5, 5.41) is 9.22. The quantitative estimate of drug-likeness (QED) is 0.332. The summed E-state index contributed by atoms with van der Waals surface area (Å²) in [5.41, 5.74) is 0.725. The summed E-state index contributed by atoms with van der Waals surface area (Å²) in [6, 6.07) is 6.57. The number of ether oxygens (including phenoxy) is 2. The van der Waals surface area contributed by atoms with Gasteiger partial charge in [-0.1, -0.05) is 24.3 Å². The Kier molecular flexibility index (Phi) is 7.11. The molecule has 198 valence electrons. The summed E-state index contributed by atoms with van der Waals surface area (Å²) in [5.74, 6) is -1.38. The number of likely N-dealkylation sites (tertiary alicyclic amines) is 1. The molecule has 4 aliphatic rings. The zero-order valence-corrected chi connectivity index (χ0v) is 22.1. The Bertz CT molecular complexity index is 1120. The van der Waals surface area contributed by atoms with Crippen LogP contribution in [-0.2, 0) is 19.1 Å². The first-order chi connectivity index (χ1) is 17.9. The molecule has 4 heterocycles. The van der Waals surface area contributed by atoms with Gasteiger partial charge in [-0.25, -0.2) is 0 Å². The number of benzene rings is 1. The van der Waals surface area contributed by atoms with Gasteiger partial charge in [-0.2, -0.15) is 0 Å². The highest BCUT2D eigenvalue weighted by Crippen LogP contribution is 2.65. The number of rotatable bonds is 7. The number of carbonyl (C=O) groups is 3. The molecule has 1 unspecified atom stereocenters. The lowest BCUT2D eigenvalue weighted by molar-refractivity contribution is -0.154. The predicted octanol–water partition coefficient (Wildman–Crippen LogP) is 2.95. The topological polar surface area (TPSA) is 96.4 Å². The van der Waals surface area contributed by atoms with E-state index in [4.69, 9.17) is 9.47 Å². The van der Waals surface area contributed by atoms with Crippen LogP contribution in [0.5, 0.6) is 5.75 Å². The third-order valence-electron chi connectivity index (χ3n) is 7.96. The van der Waals surface area contributed by atoms with Crippen molar-refractivity contribution in [3.8, 4) is 5.75 Å². The van der Waals surface area contributed by atoms with E-state index in [0.717, 1.165) is 12.1 Å². The Morgan fingerprint density at radius 1 is 1.05 bits per heavy atom. The second-order valence-electron chi connectivity index (χ2n) is 10.2. The number of methoxy groups -OCH3 is 1. The van der Waals surface area contributed by atoms with Crippen molar-refractivity contribution in [2.75, 3.05) is 38.3 Å². The second kappa shape index (κ2) is 10.2. The molecule has 0 saturated carbocycles. The summed E-state index contributed by atoms with van der Waals surface area (Å²) in [7, 11) is 1.60. The van der Waals surface area contributed by atoms with E-state index in [1.807, 2.05) is 55.5 Å². The molecule has 2 saturated heterocycles. The van der Waals surface area contributed by atoms with Gasteiger partial charge in [0, 0.05) is 30.1 Å². The largest absolute Gasteiger partial charge is 0.497 e. The summed E-state index contributed by atoms with van der Waals surface area (Å²) < 4.78 is 9.31. The van der Waals surface area contributed by atoms with Crippen molar-refractivity contribution >= 4 is 35.2 Å². The number of unbranched alkanes of at least 4 members (excludes halogenated alkanes) is 2. The monoisotopic (exact) mass is 526 g/mol. The van der Waals surface area contributed by atoms with Crippen LogP contribution in [0, 0.1) is 11.8 Å². The number of amides is 2. The Morgan fingerprint density at radius 3 is 2.57 bits per heavy atom. The van der Waals surface area contributed by atoms with Crippen LogP contribution in [0.1, 0.15) is 32.6 Å². The van der Waals surface area contributed by atoms with Gasteiger partial charge >= 0.3 is 5.97 Å². The van der Waals surface area contributed by atoms with Crippen molar-refractivity contribution in [3.05, 3.63) is 48.6 Å². The average molecular weight is 527 g/mol. The number of cyclic esters (lactones) is 1. The van der Waals surface area contributed by atoms with Gasteiger partial charge in [-0.05, 0) is 56.9 Å². The zero-order chi connectivity index (χ0) is 26.2. The Balaban J connectivity index is 1.58. The molecule has 4 aliphatic heterocycles. The lowest BCUT2D eigenvalue weighted by Gasteiger charge is -2.37. The van der Waals surface area contributed by atoms with E-state index >= 15 is 0 Å². The van der Waals surface area contributed by atoms with E-state index in [-0.39, 0.29) is 31.0 Å². The minimum atomic E-state index is -0.889. The molecule has 5 rings (SSSR count). The molecule has 0 aliphatic carbocycles. The number of aliphatic hydroxyl groups is 1. The molecule has 8 nitrogen and oxygen atoms in total. The molecule has 0 aromatic heterocycles. The fourth-order valence-electron chi connectivity index (χ4n) is 6.29. The second-order valence-corrected chi connectivity index (χ2v) is 12.0. The van der Waals surface area contributed by atoms with Crippen molar-refractivity contribution in [2.24, 2.45) is 11.8 Å². The number of esters is 1. The van der Waals surface area contributed by atoms with E-state index in [1.54, 1.807) is 28.7 Å². The summed E-state index contributed by atoms with van der Waals surface area (Å²) in [6.07, 6.45) is 10.7. The van der Waals surface area contributed by atoms with Crippen LogP contribution in [0.15, 0.2) is 48.6 Å². The molecule has 1 aromatic rings. The normalized spacial score (nSPS) is 32.8. The molecule has 1 aromatic carbocycles. The number of anilines is 1. The van der Waals surface area contributed by atoms with Crippen LogP contribution in [0.2, 0.25) is 0 Å². The van der Waals surface area contributed by atoms with E-state index in [1.165, 1.54) is 0 Å². The SMILES string of the molecule is COc1ccc(N2CC=C[C@]34S[C@]5(C)C=CCCOC(=O)[C@@H]5[C@H]3C(=O)N(CCCCCO)C4C2=O)cc1. The number of fused-ring (bicyclic) bond motifs is 2. The van der Waals surface area contributed by atoms with Gasteiger partial charge in [0.05, 0.1) is 30.3 Å². The molecular weight excluding hydrogens is 492 g/mol. The lowest BCUT2D eigenvalue weighted by Crippen LogP contribution is -2.53. The van der Waals surface area contributed by atoms with Gasteiger partial charge in [-0.15, -0.1) is 11.8 Å². The third kappa shape index (κ3) is 4.26. The summed E-state index contributed by atoms with van der Waals surface area (Å²) in [6.45, 7) is 3.12. The fourth-order valence-corrected chi connectivity index (χ4v) is 8.45. The van der Waals surface area contributed by atoms with Gasteiger partial charge in [0.2, 0.25) is 5.91 Å². The van der Waals surface area contributed by atoms with Crippen LogP contribution >= 0.6 is 11.8 Å². The molecule has 1 N–H and O–H groups in total. The van der Waals surface area contributed by atoms with E-state index in [9.17, 15) is 19.5 Å². The minimum absolute atomic E-state index is 0.0886. The highest BCUT2D eigenvalue weighted by Gasteiger charge is 2.73. The molecule has 2 fully saturated rings. The zero-order valence-electron chi connectivity index (χ0n) is 21.3. The number of hydrogen-bond acceptors (Lipinski definition) is 7. The van der Waals surface area contributed by atoms with Crippen molar-refractivity contribution < 1.29 is 29.0 Å². The first-order valence-electron chi connectivity index (χ1n) is 13.0. The first-order valence-corrected chi connectivity index (χ1v) is 13.8. The van der Waals surface area contributed by atoms with Crippen molar-refractivity contribution in [1.82, 2.24) is 4.90 Å².